The molecule has 20 nitrogen and oxygen atoms in total. The zero-order valence-electron chi connectivity index (χ0n) is 71.4. The average molecular weight is 1590 g/mol. The van der Waals surface area contributed by atoms with Crippen molar-refractivity contribution in [3.05, 3.63) is 36.5 Å². The molecule has 18 saturated carbocycles. The molecule has 0 aromatic carbocycles. The van der Waals surface area contributed by atoms with Gasteiger partial charge < -0.3 is 47.4 Å². The van der Waals surface area contributed by atoms with E-state index in [4.69, 9.17) is 47.4 Å². The zero-order chi connectivity index (χ0) is 82.2. The highest BCUT2D eigenvalue weighted by molar-refractivity contribution is 5.89. The van der Waals surface area contributed by atoms with Crippen molar-refractivity contribution < 1.29 is 95.3 Å². The molecule has 0 amide bonds. The second kappa shape index (κ2) is 34.0. The Morgan fingerprint density at radius 2 is 0.737 bits per heavy atom. The van der Waals surface area contributed by atoms with Crippen LogP contribution in [0.3, 0.4) is 0 Å². The monoisotopic (exact) mass is 1590 g/mol. The van der Waals surface area contributed by atoms with Crippen LogP contribution in [0.5, 0.6) is 0 Å². The minimum absolute atomic E-state index is 0.00636. The molecule has 20 heteroatoms. The van der Waals surface area contributed by atoms with Gasteiger partial charge in [0.15, 0.2) is 13.2 Å². The van der Waals surface area contributed by atoms with Gasteiger partial charge in [-0.1, -0.05) is 67.2 Å². The first-order valence-corrected chi connectivity index (χ1v) is 44.9. The lowest BCUT2D eigenvalue weighted by molar-refractivity contribution is -0.218. The van der Waals surface area contributed by atoms with E-state index in [9.17, 15) is 47.9 Å². The lowest BCUT2D eigenvalue weighted by Crippen LogP contribution is -2.60. The van der Waals surface area contributed by atoms with Crippen LogP contribution in [0.2, 0.25) is 0 Å². The van der Waals surface area contributed by atoms with Crippen LogP contribution in [0, 0.1) is 146 Å². The number of ether oxygens (including phenoxy) is 10. The van der Waals surface area contributed by atoms with Gasteiger partial charge in [-0.3, -0.25) is 24.0 Å². The van der Waals surface area contributed by atoms with Crippen molar-refractivity contribution in [3.8, 4) is 0 Å². The Morgan fingerprint density at radius 3 is 1.13 bits per heavy atom. The first-order valence-electron chi connectivity index (χ1n) is 44.9. The molecule has 2 heterocycles. The van der Waals surface area contributed by atoms with E-state index in [0.29, 0.717) is 53.1 Å². The molecule has 0 N–H and O–H groups in total. The van der Waals surface area contributed by atoms with E-state index < -0.39 is 42.0 Å². The van der Waals surface area contributed by atoms with E-state index >= 15 is 0 Å². The lowest BCUT2D eigenvalue weighted by atomic mass is 9.49. The number of fused-ring (bicyclic) bond motifs is 12. The number of carbonyl (C=O) groups excluding carboxylic acids is 10. The van der Waals surface area contributed by atoms with E-state index in [1.807, 2.05) is 34.6 Å². The second-order valence-electron chi connectivity index (χ2n) is 41.1. The molecule has 0 spiro atoms. The maximum atomic E-state index is 12.6. The van der Waals surface area contributed by atoms with E-state index in [1.54, 1.807) is 27.7 Å². The largest absolute Gasteiger partial charge is 0.462 e. The highest BCUT2D eigenvalue weighted by atomic mass is 16.6. The highest BCUT2D eigenvalue weighted by Crippen LogP contribution is 2.65. The summed E-state index contributed by atoms with van der Waals surface area (Å²) in [6.45, 7) is 37.0. The van der Waals surface area contributed by atoms with E-state index in [0.717, 1.165) is 123 Å². The summed E-state index contributed by atoms with van der Waals surface area (Å²) in [6.07, 6.45) is 33.1. The average Bonchev–Trinajstić information content (AvgIpc) is 1.73. The van der Waals surface area contributed by atoms with Crippen molar-refractivity contribution in [1.29, 1.82) is 0 Å². The minimum Gasteiger partial charge on any atom is -0.462 e. The van der Waals surface area contributed by atoms with Crippen LogP contribution in [-0.2, 0) is 95.3 Å². The third-order valence-electron chi connectivity index (χ3n) is 33.3. The summed E-state index contributed by atoms with van der Waals surface area (Å²) in [5.41, 5.74) is -0.248. The van der Waals surface area contributed by atoms with Gasteiger partial charge in [0.25, 0.3) is 0 Å². The fourth-order valence-electron chi connectivity index (χ4n) is 26.5. The molecule has 0 aromatic rings. The third-order valence-corrected chi connectivity index (χ3v) is 33.3. The van der Waals surface area contributed by atoms with Gasteiger partial charge in [-0.2, -0.15) is 0 Å². The summed E-state index contributed by atoms with van der Waals surface area (Å²) in [7, 11) is 0. The number of carbonyl (C=O) groups is 10. The van der Waals surface area contributed by atoms with Crippen LogP contribution in [0.1, 0.15) is 283 Å². The van der Waals surface area contributed by atoms with Crippen LogP contribution in [0.4, 0.5) is 0 Å². The van der Waals surface area contributed by atoms with Crippen molar-refractivity contribution >= 4 is 59.7 Å². The fourth-order valence-corrected chi connectivity index (χ4v) is 26.5. The van der Waals surface area contributed by atoms with Gasteiger partial charge in [0.05, 0.1) is 28.1 Å². The summed E-state index contributed by atoms with van der Waals surface area (Å²) < 4.78 is 54.8. The highest BCUT2D eigenvalue weighted by Gasteiger charge is 2.66. The minimum atomic E-state index is -0.623. The molecule has 20 atom stereocenters. The molecule has 114 heavy (non-hydrogen) atoms. The normalized spacial score (nSPS) is 40.8. The predicted molar refractivity (Wildman–Crippen MR) is 424 cm³/mol. The van der Waals surface area contributed by atoms with Crippen LogP contribution in [0.25, 0.3) is 0 Å². The lowest BCUT2D eigenvalue weighted by Gasteiger charge is -2.60. The number of rotatable bonds is 21. The SMILES string of the molecule is C=C(C)C(=O)OC1(CC)C2CC3CC(C2)CC1C3.C=C(C)C(=O)OC1CC2CC1C1CCCC21.C=C(C)C(=O)OCC(=O)OC1C2CC3C(=O)OC1C3C2.CCC(C)(C)C(=O)OC1(CC)C2CC3CC(C2)CC1C3.CCC(C)(C)C(=O)OC1CC2CC1C1CCCC21.CCC(C)(C)C(=O)OCC(=O)OC1C2CC3C(=O)OC1C3C2. The molecule has 20 fully saturated rings. The predicted octanol–water partition coefficient (Wildman–Crippen LogP) is 17.1. The standard InChI is InChI=1S/C18H30O2.C16H22O6.C16H24O2.C16H26O2.C14H16O6.C14H20O2/c1-5-17(3,4)16(19)20-18(6-2)14-8-12-7-13(10-14)11-15(18)9-12;1-4-16(2,3)15(19)20-7-11(17)21-12-8-5-9-10(6-8)14(18)22-13(9)12;1-4-16(18-15(17)10(2)3)13-6-11-5-12(8-13)9-14(16)7-11;1-4-16(2,3)15(17)18-14-9-10-8-13(14)12-7-5-6-11(10)12;1-6(2)13(16)18-5-10(15)19-11-7-3-8-9(4-7)14(17)20-12(8)11;1-8(2)14(15)16-13-7-9-6-12(13)11-5-3-4-10(9)11/h12-15H,5-11H2,1-4H3;8-10,12-13H,4-7H2,1-3H3;11-14H,2,4-9H2,1,3H3;10-14H,4-9H2,1-3H3;7-9,11-12H,1,3-5H2,2H3;9-13H,1,3-7H2,2H3. The summed E-state index contributed by atoms with van der Waals surface area (Å²) >= 11 is 0. The van der Waals surface area contributed by atoms with Crippen LogP contribution in [0.15, 0.2) is 36.5 Å². The van der Waals surface area contributed by atoms with E-state index in [-0.39, 0.29) is 136 Å². The second-order valence-corrected chi connectivity index (χ2v) is 41.1. The zero-order valence-corrected chi connectivity index (χ0v) is 71.4. The van der Waals surface area contributed by atoms with Crippen LogP contribution in [-0.4, -0.2) is 121 Å². The Balaban J connectivity index is 0.000000120. The van der Waals surface area contributed by atoms with Gasteiger partial charge in [-0.05, 0) is 330 Å². The summed E-state index contributed by atoms with van der Waals surface area (Å²) in [4.78, 5) is 118. The maximum Gasteiger partial charge on any atom is 0.344 e. The van der Waals surface area contributed by atoms with Crippen molar-refractivity contribution in [2.45, 2.75) is 331 Å². The van der Waals surface area contributed by atoms with Crippen molar-refractivity contribution in [3.63, 3.8) is 0 Å². The first-order chi connectivity index (χ1) is 53.9. The molecule has 0 aromatic heterocycles. The van der Waals surface area contributed by atoms with E-state index in [1.165, 1.54) is 122 Å². The molecule has 20 rings (SSSR count). The summed E-state index contributed by atoms with van der Waals surface area (Å²) in [5, 5.41) is 0. The maximum absolute atomic E-state index is 12.6. The Kier molecular flexibility index (Phi) is 25.6. The van der Waals surface area contributed by atoms with Gasteiger partial charge in [-0.25, -0.2) is 24.0 Å². The van der Waals surface area contributed by atoms with Crippen molar-refractivity contribution in [2.24, 2.45) is 146 Å². The molecule has 2 aliphatic heterocycles. The summed E-state index contributed by atoms with van der Waals surface area (Å²) in [6, 6.07) is 0. The van der Waals surface area contributed by atoms with Crippen molar-refractivity contribution in [2.75, 3.05) is 13.2 Å². The van der Waals surface area contributed by atoms with Crippen LogP contribution < -0.4 is 0 Å². The molecule has 20 aliphatic rings. The molecular weight excluding hydrogens is 1450 g/mol. The molecule has 634 valence electrons. The Labute approximate surface area is 678 Å². The molecule has 0 radical (unpaired) electrons. The van der Waals surface area contributed by atoms with Gasteiger partial charge in [0, 0.05) is 40.4 Å². The molecular formula is C94H138O20. The molecule has 16 bridgehead atoms. The van der Waals surface area contributed by atoms with Crippen LogP contribution >= 0.6 is 0 Å². The first kappa shape index (κ1) is 85.8. The Morgan fingerprint density at radius 1 is 0.377 bits per heavy atom. The van der Waals surface area contributed by atoms with Crippen molar-refractivity contribution in [1.82, 2.24) is 0 Å². The number of hydrogen-bond donors (Lipinski definition) is 0. The number of esters is 10. The van der Waals surface area contributed by atoms with Gasteiger partial charge in [-0.15, -0.1) is 0 Å². The molecule has 18 aliphatic carbocycles. The van der Waals surface area contributed by atoms with E-state index in [2.05, 4.69) is 47.4 Å². The fraction of sp³-hybridized carbons (Fsp3) is 0.830. The van der Waals surface area contributed by atoms with Gasteiger partial charge in [0.2, 0.25) is 0 Å². The smallest absolute Gasteiger partial charge is 0.344 e. The quantitative estimate of drug-likeness (QED) is 0.0587. The third kappa shape index (κ3) is 16.9. The topological polar surface area (TPSA) is 263 Å². The van der Waals surface area contributed by atoms with Gasteiger partial charge in [0.1, 0.15) is 47.8 Å². The van der Waals surface area contributed by atoms with Gasteiger partial charge >= 0.3 is 59.7 Å². The molecule has 2 saturated heterocycles. The molecule has 20 unspecified atom stereocenters. The Hall–Kier alpha value is -6.08. The number of hydrogen-bond acceptors (Lipinski definition) is 20. The summed E-state index contributed by atoms with van der Waals surface area (Å²) in [5.74, 6) is 10.8. The Bertz CT molecular complexity index is 3610.